The van der Waals surface area contributed by atoms with Gasteiger partial charge in [-0.15, -0.1) is 0 Å². The first-order chi connectivity index (χ1) is 6.49. The van der Waals surface area contributed by atoms with Crippen molar-refractivity contribution >= 4 is 5.78 Å². The van der Waals surface area contributed by atoms with E-state index in [0.717, 1.165) is 0 Å². The van der Waals surface area contributed by atoms with Crippen LogP contribution in [0, 0.1) is 19.7 Å². The molecule has 0 bridgehead atoms. The van der Waals surface area contributed by atoms with E-state index in [2.05, 4.69) is 0 Å². The molecule has 0 aliphatic carbocycles. The van der Waals surface area contributed by atoms with Crippen LogP contribution in [0.3, 0.4) is 0 Å². The Morgan fingerprint density at radius 1 is 1.43 bits per heavy atom. The Kier molecular flexibility index (Phi) is 2.89. The molecule has 0 unspecified atom stereocenters. The minimum absolute atomic E-state index is 0.179. The van der Waals surface area contributed by atoms with E-state index in [0.29, 0.717) is 22.4 Å². The number of benzene rings is 1. The van der Waals surface area contributed by atoms with Gasteiger partial charge < -0.3 is 4.74 Å². The lowest BCUT2D eigenvalue weighted by Gasteiger charge is -2.12. The van der Waals surface area contributed by atoms with E-state index < -0.39 is 0 Å². The van der Waals surface area contributed by atoms with E-state index in [4.69, 9.17) is 4.74 Å². The second kappa shape index (κ2) is 3.78. The molecule has 0 aliphatic heterocycles. The summed E-state index contributed by atoms with van der Waals surface area (Å²) in [6.07, 6.45) is 0. The Balaban J connectivity index is 3.56. The fourth-order valence-corrected chi connectivity index (χ4v) is 1.54. The molecule has 0 fully saturated rings. The highest BCUT2D eigenvalue weighted by Crippen LogP contribution is 2.28. The number of halogens is 1. The summed E-state index contributed by atoms with van der Waals surface area (Å²) >= 11 is 0. The van der Waals surface area contributed by atoms with Crippen LogP contribution >= 0.6 is 0 Å². The number of carbonyl (C=O) groups excluding carboxylic acids is 1. The van der Waals surface area contributed by atoms with Gasteiger partial charge in [-0.25, -0.2) is 4.39 Å². The number of methoxy groups -OCH3 is 1. The monoisotopic (exact) mass is 196 g/mol. The number of hydrogen-bond acceptors (Lipinski definition) is 2. The van der Waals surface area contributed by atoms with E-state index in [1.54, 1.807) is 13.8 Å². The summed E-state index contributed by atoms with van der Waals surface area (Å²) in [6.45, 7) is 4.70. The lowest BCUT2D eigenvalue weighted by atomic mass is 10.0. The van der Waals surface area contributed by atoms with Gasteiger partial charge in [-0.3, -0.25) is 4.79 Å². The highest BCUT2D eigenvalue weighted by molar-refractivity contribution is 5.98. The maximum absolute atomic E-state index is 13.3. The maximum Gasteiger partial charge on any atom is 0.163 e. The number of ketones is 1. The Hall–Kier alpha value is -1.38. The van der Waals surface area contributed by atoms with Crippen molar-refractivity contribution < 1.29 is 13.9 Å². The van der Waals surface area contributed by atoms with Crippen molar-refractivity contribution in [3.8, 4) is 5.75 Å². The van der Waals surface area contributed by atoms with Crippen molar-refractivity contribution in [3.05, 3.63) is 28.6 Å². The van der Waals surface area contributed by atoms with E-state index >= 15 is 0 Å². The van der Waals surface area contributed by atoms with Gasteiger partial charge in [0.1, 0.15) is 11.6 Å². The number of Topliss-reactive ketones (excluding diaryl/α,β-unsaturated/α-hetero) is 1. The van der Waals surface area contributed by atoms with Crippen LogP contribution in [0.1, 0.15) is 28.4 Å². The minimum Gasteiger partial charge on any atom is -0.496 e. The third-order valence-electron chi connectivity index (χ3n) is 2.22. The molecule has 1 aromatic rings. The van der Waals surface area contributed by atoms with Crippen LogP contribution in [-0.2, 0) is 0 Å². The third-order valence-corrected chi connectivity index (χ3v) is 2.22. The highest BCUT2D eigenvalue weighted by atomic mass is 19.1. The molecule has 0 atom stereocenters. The second-order valence-electron chi connectivity index (χ2n) is 3.26. The van der Waals surface area contributed by atoms with Crippen molar-refractivity contribution in [2.24, 2.45) is 0 Å². The molecule has 0 saturated heterocycles. The fourth-order valence-electron chi connectivity index (χ4n) is 1.54. The lowest BCUT2D eigenvalue weighted by molar-refractivity contribution is 0.101. The van der Waals surface area contributed by atoms with Crippen LogP contribution in [-0.4, -0.2) is 12.9 Å². The zero-order valence-corrected chi connectivity index (χ0v) is 8.77. The fraction of sp³-hybridized carbons (Fsp3) is 0.364. The van der Waals surface area contributed by atoms with Crippen molar-refractivity contribution in [3.63, 3.8) is 0 Å². The van der Waals surface area contributed by atoms with Gasteiger partial charge in [0.15, 0.2) is 5.78 Å². The van der Waals surface area contributed by atoms with Gasteiger partial charge >= 0.3 is 0 Å². The van der Waals surface area contributed by atoms with Gasteiger partial charge in [0.05, 0.1) is 12.7 Å². The molecule has 2 nitrogen and oxygen atoms in total. The molecule has 0 radical (unpaired) electrons. The van der Waals surface area contributed by atoms with Gasteiger partial charge in [0.2, 0.25) is 0 Å². The number of rotatable bonds is 2. The van der Waals surface area contributed by atoms with Crippen molar-refractivity contribution in [1.29, 1.82) is 0 Å². The number of ether oxygens (including phenoxy) is 1. The summed E-state index contributed by atoms with van der Waals surface area (Å²) < 4.78 is 18.4. The molecule has 0 N–H and O–H groups in total. The Morgan fingerprint density at radius 2 is 2.00 bits per heavy atom. The predicted octanol–water partition coefficient (Wildman–Crippen LogP) is 2.65. The molecule has 14 heavy (non-hydrogen) atoms. The Labute approximate surface area is 82.7 Å². The molecule has 0 heterocycles. The SMILES string of the molecule is COc1c(C)cc(F)c(C)c1C(C)=O. The van der Waals surface area contributed by atoms with Crippen LogP contribution < -0.4 is 4.74 Å². The predicted molar refractivity (Wildman–Crippen MR) is 52.4 cm³/mol. The smallest absolute Gasteiger partial charge is 0.163 e. The summed E-state index contributed by atoms with van der Waals surface area (Å²) in [5.41, 5.74) is 1.32. The molecule has 0 saturated carbocycles. The zero-order chi connectivity index (χ0) is 10.9. The van der Waals surface area contributed by atoms with Crippen LogP contribution in [0.2, 0.25) is 0 Å². The average Bonchev–Trinajstić information content (AvgIpc) is 2.10. The molecule has 1 rings (SSSR count). The topological polar surface area (TPSA) is 26.3 Å². The molecule has 0 spiro atoms. The summed E-state index contributed by atoms with van der Waals surface area (Å²) in [5, 5.41) is 0. The van der Waals surface area contributed by atoms with E-state index in [1.165, 1.54) is 20.1 Å². The van der Waals surface area contributed by atoms with E-state index in [1.807, 2.05) is 0 Å². The third kappa shape index (κ3) is 1.62. The molecular weight excluding hydrogens is 183 g/mol. The van der Waals surface area contributed by atoms with Crippen LogP contribution in [0.15, 0.2) is 6.07 Å². The molecule has 0 amide bonds. The highest BCUT2D eigenvalue weighted by Gasteiger charge is 2.17. The van der Waals surface area contributed by atoms with Gasteiger partial charge in [0.25, 0.3) is 0 Å². The summed E-state index contributed by atoms with van der Waals surface area (Å²) in [5.74, 6) is -0.0770. The number of hydrogen-bond donors (Lipinski definition) is 0. The summed E-state index contributed by atoms with van der Waals surface area (Å²) in [7, 11) is 1.48. The second-order valence-corrected chi connectivity index (χ2v) is 3.26. The molecular formula is C11H13FO2. The molecule has 3 heteroatoms. The van der Waals surface area contributed by atoms with Crippen LogP contribution in [0.25, 0.3) is 0 Å². The quantitative estimate of drug-likeness (QED) is 0.680. The van der Waals surface area contributed by atoms with Crippen LogP contribution in [0.5, 0.6) is 5.75 Å². The minimum atomic E-state index is -0.367. The molecule has 0 aromatic heterocycles. The summed E-state index contributed by atoms with van der Waals surface area (Å²) in [6, 6.07) is 1.38. The molecule has 76 valence electrons. The maximum atomic E-state index is 13.3. The van der Waals surface area contributed by atoms with Gasteiger partial charge in [0, 0.05) is 0 Å². The Bertz CT molecular complexity index is 383. The molecule has 0 aliphatic rings. The van der Waals surface area contributed by atoms with Crippen molar-refractivity contribution in [1.82, 2.24) is 0 Å². The first-order valence-corrected chi connectivity index (χ1v) is 4.33. The van der Waals surface area contributed by atoms with E-state index in [-0.39, 0.29) is 11.6 Å². The summed E-state index contributed by atoms with van der Waals surface area (Å²) in [4.78, 5) is 11.3. The van der Waals surface area contributed by atoms with Crippen molar-refractivity contribution in [2.45, 2.75) is 20.8 Å². The van der Waals surface area contributed by atoms with Gasteiger partial charge in [-0.1, -0.05) is 0 Å². The van der Waals surface area contributed by atoms with Crippen molar-refractivity contribution in [2.75, 3.05) is 7.11 Å². The number of aryl methyl sites for hydroxylation is 1. The normalized spacial score (nSPS) is 10.1. The number of carbonyl (C=O) groups is 1. The lowest BCUT2D eigenvalue weighted by Crippen LogP contribution is -2.04. The Morgan fingerprint density at radius 3 is 2.43 bits per heavy atom. The van der Waals surface area contributed by atoms with Gasteiger partial charge in [-0.2, -0.15) is 0 Å². The zero-order valence-electron chi connectivity index (χ0n) is 8.77. The molecule has 1 aromatic carbocycles. The largest absolute Gasteiger partial charge is 0.496 e. The first kappa shape index (κ1) is 10.7. The first-order valence-electron chi connectivity index (χ1n) is 4.33. The average molecular weight is 196 g/mol. The van der Waals surface area contributed by atoms with Gasteiger partial charge in [-0.05, 0) is 38.0 Å². The van der Waals surface area contributed by atoms with E-state index in [9.17, 15) is 9.18 Å². The standard InChI is InChI=1S/C11H13FO2/c1-6-5-9(12)7(2)10(8(3)13)11(6)14-4/h5H,1-4H3. The van der Waals surface area contributed by atoms with Crippen LogP contribution in [0.4, 0.5) is 4.39 Å².